The third kappa shape index (κ3) is 4.22. The number of rotatable bonds is 5. The number of carbonyl (C=O) groups excluding carboxylic acids is 1. The number of phenolic OH excluding ortho intramolecular Hbond substituents is 1. The topological polar surface area (TPSA) is 66.6 Å². The predicted molar refractivity (Wildman–Crippen MR) is 118 cm³/mol. The fourth-order valence-corrected chi connectivity index (χ4v) is 3.56. The van der Waals surface area contributed by atoms with Crippen molar-refractivity contribution in [3.05, 3.63) is 100 Å². The number of aromatic hydroxyl groups is 1. The highest BCUT2D eigenvalue weighted by atomic mass is 79.9. The summed E-state index contributed by atoms with van der Waals surface area (Å²) in [6.07, 6.45) is 3.64. The molecule has 1 aromatic heterocycles. The molecule has 4 aromatic rings. The van der Waals surface area contributed by atoms with Gasteiger partial charge in [-0.05, 0) is 29.8 Å². The van der Waals surface area contributed by atoms with Crippen LogP contribution in [0.4, 0.5) is 0 Å². The van der Waals surface area contributed by atoms with E-state index in [0.717, 1.165) is 23.0 Å². The van der Waals surface area contributed by atoms with Gasteiger partial charge in [-0.25, -0.2) is 5.43 Å². The summed E-state index contributed by atoms with van der Waals surface area (Å²) in [4.78, 5) is 12.3. The van der Waals surface area contributed by atoms with Crippen LogP contribution in [0.2, 0.25) is 0 Å². The van der Waals surface area contributed by atoms with Crippen molar-refractivity contribution in [1.82, 2.24) is 9.99 Å². The molecule has 0 aliphatic carbocycles. The van der Waals surface area contributed by atoms with Gasteiger partial charge < -0.3 is 9.67 Å². The van der Waals surface area contributed by atoms with Crippen molar-refractivity contribution in [3.63, 3.8) is 0 Å². The van der Waals surface area contributed by atoms with Gasteiger partial charge in [0.2, 0.25) is 0 Å². The number of fused-ring (bicyclic) bond motifs is 1. The smallest absolute Gasteiger partial charge is 0.275 e. The average Bonchev–Trinajstić information content (AvgIpc) is 3.08. The maximum absolute atomic E-state index is 12.3. The Morgan fingerprint density at radius 2 is 1.83 bits per heavy atom. The number of hydrogen-bond donors (Lipinski definition) is 2. The molecule has 0 aliphatic rings. The van der Waals surface area contributed by atoms with E-state index in [1.54, 1.807) is 18.3 Å². The Labute approximate surface area is 176 Å². The zero-order chi connectivity index (χ0) is 20.2. The van der Waals surface area contributed by atoms with Crippen molar-refractivity contribution in [2.45, 2.75) is 6.54 Å². The molecule has 0 saturated carbocycles. The van der Waals surface area contributed by atoms with Crippen LogP contribution in [-0.2, 0) is 6.54 Å². The van der Waals surface area contributed by atoms with Gasteiger partial charge in [-0.1, -0.05) is 64.5 Å². The summed E-state index contributed by atoms with van der Waals surface area (Å²) in [5.74, 6) is -0.576. The zero-order valence-corrected chi connectivity index (χ0v) is 17.0. The lowest BCUT2D eigenvalue weighted by Gasteiger charge is -2.05. The summed E-state index contributed by atoms with van der Waals surface area (Å²) < 4.78 is 2.86. The third-order valence-corrected chi connectivity index (χ3v) is 5.08. The maximum Gasteiger partial charge on any atom is 0.275 e. The number of hydrazone groups is 1. The van der Waals surface area contributed by atoms with Crippen molar-refractivity contribution in [2.75, 3.05) is 0 Å². The molecule has 2 N–H and O–H groups in total. The number of hydrogen-bond acceptors (Lipinski definition) is 3. The normalized spacial score (nSPS) is 11.2. The van der Waals surface area contributed by atoms with Gasteiger partial charge >= 0.3 is 0 Å². The second kappa shape index (κ2) is 8.32. The van der Waals surface area contributed by atoms with Crippen LogP contribution in [0.25, 0.3) is 10.9 Å². The van der Waals surface area contributed by atoms with Crippen molar-refractivity contribution < 1.29 is 9.90 Å². The van der Waals surface area contributed by atoms with Crippen molar-refractivity contribution in [2.24, 2.45) is 5.10 Å². The molecule has 0 radical (unpaired) electrons. The van der Waals surface area contributed by atoms with E-state index in [1.165, 1.54) is 11.6 Å². The lowest BCUT2D eigenvalue weighted by atomic mass is 10.2. The van der Waals surface area contributed by atoms with Gasteiger partial charge in [0.15, 0.2) is 0 Å². The number of carbonyl (C=O) groups is 1. The molecule has 4 rings (SSSR count). The number of benzene rings is 3. The molecule has 0 atom stereocenters. The molecule has 144 valence electrons. The molecule has 1 heterocycles. The second-order valence-electron chi connectivity index (χ2n) is 6.58. The zero-order valence-electron chi connectivity index (χ0n) is 15.4. The van der Waals surface area contributed by atoms with Gasteiger partial charge in [0.1, 0.15) is 5.75 Å². The molecule has 0 unspecified atom stereocenters. The first-order chi connectivity index (χ1) is 14.1. The van der Waals surface area contributed by atoms with Crippen LogP contribution in [0.1, 0.15) is 21.5 Å². The van der Waals surface area contributed by atoms with Gasteiger partial charge in [0.25, 0.3) is 5.91 Å². The number of amides is 1. The van der Waals surface area contributed by atoms with Crippen LogP contribution in [0.15, 0.2) is 88.6 Å². The number of nitrogens with one attached hydrogen (secondary N) is 1. The number of nitrogens with zero attached hydrogens (tertiary/aromatic N) is 2. The standard InChI is InChI=1S/C23H18BrN3O2/c24-18-10-11-22(28)20(12-18)23(29)26-25-13-17-15-27(14-16-6-2-1-3-7-16)21-9-5-4-8-19(17)21/h1-13,15,28H,14H2,(H,26,29)/b25-13+. The average molecular weight is 448 g/mol. The van der Waals surface area contributed by atoms with Gasteiger partial charge in [-0.3, -0.25) is 4.79 Å². The molecular weight excluding hydrogens is 430 g/mol. The van der Waals surface area contributed by atoms with Crippen LogP contribution in [-0.4, -0.2) is 21.8 Å². The quantitative estimate of drug-likeness (QED) is 0.336. The molecule has 0 saturated heterocycles. The van der Waals surface area contributed by atoms with Gasteiger partial charge in [-0.15, -0.1) is 0 Å². The fourth-order valence-electron chi connectivity index (χ4n) is 3.20. The summed E-state index contributed by atoms with van der Waals surface area (Å²) in [6, 6.07) is 23.0. The van der Waals surface area contributed by atoms with E-state index in [2.05, 4.69) is 49.2 Å². The second-order valence-corrected chi connectivity index (χ2v) is 7.49. The Balaban J connectivity index is 1.58. The first kappa shape index (κ1) is 19.0. The highest BCUT2D eigenvalue weighted by molar-refractivity contribution is 9.10. The number of aromatic nitrogens is 1. The fraction of sp³-hybridized carbons (Fsp3) is 0.0435. The molecule has 0 bridgehead atoms. The summed E-state index contributed by atoms with van der Waals surface area (Å²) in [7, 11) is 0. The Hall–Kier alpha value is -3.38. The van der Waals surface area contributed by atoms with Crippen LogP contribution < -0.4 is 5.43 Å². The Bertz CT molecular complexity index is 1200. The first-order valence-electron chi connectivity index (χ1n) is 9.05. The van der Waals surface area contributed by atoms with Crippen molar-refractivity contribution in [1.29, 1.82) is 0 Å². The van der Waals surface area contributed by atoms with Gasteiger partial charge in [-0.2, -0.15) is 5.10 Å². The van der Waals surface area contributed by atoms with Crippen LogP contribution in [0, 0.1) is 0 Å². The molecule has 0 spiro atoms. The number of phenols is 1. The monoisotopic (exact) mass is 447 g/mol. The van der Waals surface area contributed by atoms with E-state index in [4.69, 9.17) is 0 Å². The molecule has 5 nitrogen and oxygen atoms in total. The summed E-state index contributed by atoms with van der Waals surface area (Å²) in [5, 5.41) is 15.0. The summed E-state index contributed by atoms with van der Waals surface area (Å²) >= 11 is 3.29. The summed E-state index contributed by atoms with van der Waals surface area (Å²) in [5.41, 5.74) is 5.83. The Morgan fingerprint density at radius 3 is 2.66 bits per heavy atom. The molecule has 29 heavy (non-hydrogen) atoms. The minimum Gasteiger partial charge on any atom is -0.507 e. The van der Waals surface area contributed by atoms with E-state index in [0.29, 0.717) is 4.47 Å². The van der Waals surface area contributed by atoms with E-state index in [9.17, 15) is 9.90 Å². The predicted octanol–water partition coefficient (Wildman–Crippen LogP) is 4.92. The van der Waals surface area contributed by atoms with Crippen molar-refractivity contribution in [3.8, 4) is 5.75 Å². The minimum absolute atomic E-state index is 0.0969. The molecule has 1 amide bonds. The van der Waals surface area contributed by atoms with Gasteiger partial charge in [0, 0.05) is 33.7 Å². The van der Waals surface area contributed by atoms with E-state index in [1.807, 2.05) is 42.6 Å². The molecule has 0 fully saturated rings. The van der Waals surface area contributed by atoms with Crippen LogP contribution in [0.5, 0.6) is 5.75 Å². The SMILES string of the molecule is O=C(N/N=C/c1cn(Cc2ccccc2)c2ccccc12)c1cc(Br)ccc1O. The lowest BCUT2D eigenvalue weighted by Crippen LogP contribution is -2.17. The molecular formula is C23H18BrN3O2. The number of halogens is 1. The first-order valence-corrected chi connectivity index (χ1v) is 9.85. The lowest BCUT2D eigenvalue weighted by molar-refractivity contribution is 0.0952. The molecule has 6 heteroatoms. The molecule has 3 aromatic carbocycles. The van der Waals surface area contributed by atoms with Gasteiger partial charge in [0.05, 0.1) is 11.8 Å². The third-order valence-electron chi connectivity index (χ3n) is 4.59. The van der Waals surface area contributed by atoms with Crippen LogP contribution >= 0.6 is 15.9 Å². The largest absolute Gasteiger partial charge is 0.507 e. The molecule has 0 aliphatic heterocycles. The highest BCUT2D eigenvalue weighted by Crippen LogP contribution is 2.22. The highest BCUT2D eigenvalue weighted by Gasteiger charge is 2.11. The van der Waals surface area contributed by atoms with E-state index >= 15 is 0 Å². The van der Waals surface area contributed by atoms with E-state index < -0.39 is 5.91 Å². The maximum atomic E-state index is 12.3. The Morgan fingerprint density at radius 1 is 1.07 bits per heavy atom. The van der Waals surface area contributed by atoms with E-state index in [-0.39, 0.29) is 11.3 Å². The van der Waals surface area contributed by atoms with Crippen LogP contribution in [0.3, 0.4) is 0 Å². The Kier molecular flexibility index (Phi) is 5.44. The number of para-hydroxylation sites is 1. The summed E-state index contributed by atoms with van der Waals surface area (Å²) in [6.45, 7) is 0.744. The van der Waals surface area contributed by atoms with Crippen molar-refractivity contribution >= 4 is 39.0 Å². The minimum atomic E-state index is -0.479.